The summed E-state index contributed by atoms with van der Waals surface area (Å²) >= 11 is 0. The van der Waals surface area contributed by atoms with E-state index in [1.807, 2.05) is 31.2 Å². The van der Waals surface area contributed by atoms with E-state index in [0.717, 1.165) is 11.1 Å². The minimum absolute atomic E-state index is 0.0696. The minimum Gasteiger partial charge on any atom is -0.462 e. The van der Waals surface area contributed by atoms with Crippen LogP contribution in [0.5, 0.6) is 0 Å². The van der Waals surface area contributed by atoms with Crippen LogP contribution in [0.4, 0.5) is 0 Å². The summed E-state index contributed by atoms with van der Waals surface area (Å²) in [7, 11) is 0. The van der Waals surface area contributed by atoms with Crippen LogP contribution in [-0.2, 0) is 11.2 Å². The molecular weight excluding hydrogens is 256 g/mol. The molecule has 0 fully saturated rings. The largest absolute Gasteiger partial charge is 0.462 e. The van der Waals surface area contributed by atoms with Gasteiger partial charge in [-0.15, -0.1) is 0 Å². The van der Waals surface area contributed by atoms with Crippen LogP contribution in [-0.4, -0.2) is 22.5 Å². The smallest absolute Gasteiger partial charge is 0.345 e. The molecule has 0 atom stereocenters. The van der Waals surface area contributed by atoms with Gasteiger partial charge in [-0.2, -0.15) is 0 Å². The Morgan fingerprint density at radius 2 is 2.20 bits per heavy atom. The first-order valence-corrected chi connectivity index (χ1v) is 6.41. The predicted octanol–water partition coefficient (Wildman–Crippen LogP) is 1.85. The van der Waals surface area contributed by atoms with E-state index in [1.165, 1.54) is 6.20 Å². The van der Waals surface area contributed by atoms with Gasteiger partial charge in [0, 0.05) is 12.6 Å². The van der Waals surface area contributed by atoms with Crippen LogP contribution in [0.25, 0.3) is 0 Å². The molecule has 0 bridgehead atoms. The molecule has 1 aromatic carbocycles. The Balaban J connectivity index is 2.21. The van der Waals surface area contributed by atoms with Crippen LogP contribution in [0, 0.1) is 6.92 Å². The highest BCUT2D eigenvalue weighted by Crippen LogP contribution is 2.07. The molecule has 0 aliphatic carbocycles. The molecule has 0 saturated heterocycles. The fraction of sp³-hybridized carbons (Fsp3) is 0.267. The predicted molar refractivity (Wildman–Crippen MR) is 74.8 cm³/mol. The van der Waals surface area contributed by atoms with E-state index in [9.17, 15) is 9.59 Å². The molecule has 5 nitrogen and oxygen atoms in total. The van der Waals surface area contributed by atoms with E-state index in [4.69, 9.17) is 4.74 Å². The van der Waals surface area contributed by atoms with Crippen molar-refractivity contribution in [3.8, 4) is 0 Å². The van der Waals surface area contributed by atoms with Crippen molar-refractivity contribution in [1.29, 1.82) is 0 Å². The topological polar surface area (TPSA) is 72.0 Å². The van der Waals surface area contributed by atoms with Crippen LogP contribution in [0.1, 0.15) is 34.2 Å². The molecule has 0 aliphatic heterocycles. The molecular formula is C15H16N2O3. The molecule has 0 spiro atoms. The van der Waals surface area contributed by atoms with E-state index in [0.29, 0.717) is 12.2 Å². The zero-order chi connectivity index (χ0) is 14.5. The summed E-state index contributed by atoms with van der Waals surface area (Å²) in [4.78, 5) is 30.0. The molecule has 2 aromatic rings. The molecule has 1 aromatic heterocycles. The molecule has 104 valence electrons. The minimum atomic E-state index is -0.650. The number of hydrogen-bond acceptors (Lipinski definition) is 4. The first kappa shape index (κ1) is 14.0. The van der Waals surface area contributed by atoms with Crippen molar-refractivity contribution >= 4 is 5.97 Å². The summed E-state index contributed by atoms with van der Waals surface area (Å²) < 4.78 is 4.78. The van der Waals surface area contributed by atoms with Crippen molar-refractivity contribution < 1.29 is 9.53 Å². The number of hydrogen-bond donors (Lipinski definition) is 1. The van der Waals surface area contributed by atoms with Crippen molar-refractivity contribution in [2.45, 2.75) is 20.3 Å². The summed E-state index contributed by atoms with van der Waals surface area (Å²) in [5.41, 5.74) is 1.66. The van der Waals surface area contributed by atoms with Gasteiger partial charge in [0.05, 0.1) is 6.61 Å². The van der Waals surface area contributed by atoms with Gasteiger partial charge in [-0.3, -0.25) is 4.79 Å². The monoisotopic (exact) mass is 272 g/mol. The SMILES string of the molecule is CCOC(=O)c1cnc(Cc2cccc(C)c2)[nH]c1=O. The lowest BCUT2D eigenvalue weighted by atomic mass is 10.1. The Bertz CT molecular complexity index is 677. The summed E-state index contributed by atoms with van der Waals surface area (Å²) in [6.07, 6.45) is 1.78. The molecule has 0 saturated carbocycles. The maximum absolute atomic E-state index is 11.8. The van der Waals surface area contributed by atoms with Crippen molar-refractivity contribution in [1.82, 2.24) is 9.97 Å². The fourth-order valence-electron chi connectivity index (χ4n) is 1.89. The molecule has 0 radical (unpaired) electrons. The number of esters is 1. The Hall–Kier alpha value is -2.43. The van der Waals surface area contributed by atoms with E-state index >= 15 is 0 Å². The Kier molecular flexibility index (Phi) is 4.30. The number of nitrogens with one attached hydrogen (secondary N) is 1. The van der Waals surface area contributed by atoms with Gasteiger partial charge in [0.25, 0.3) is 5.56 Å². The van der Waals surface area contributed by atoms with Gasteiger partial charge in [-0.25, -0.2) is 9.78 Å². The summed E-state index contributed by atoms with van der Waals surface area (Å²) in [6, 6.07) is 7.95. The molecule has 1 heterocycles. The third kappa shape index (κ3) is 3.32. The quantitative estimate of drug-likeness (QED) is 0.862. The third-order valence-corrected chi connectivity index (χ3v) is 2.80. The number of ether oxygens (including phenoxy) is 1. The van der Waals surface area contributed by atoms with Gasteiger partial charge < -0.3 is 9.72 Å². The highest BCUT2D eigenvalue weighted by molar-refractivity contribution is 5.88. The van der Waals surface area contributed by atoms with Crippen LogP contribution < -0.4 is 5.56 Å². The highest BCUT2D eigenvalue weighted by atomic mass is 16.5. The summed E-state index contributed by atoms with van der Waals surface area (Å²) in [6.45, 7) is 3.92. The molecule has 0 aliphatic rings. The first-order valence-electron chi connectivity index (χ1n) is 6.41. The van der Waals surface area contributed by atoms with E-state index in [-0.39, 0.29) is 12.2 Å². The molecule has 20 heavy (non-hydrogen) atoms. The van der Waals surface area contributed by atoms with Crippen molar-refractivity contribution in [3.05, 3.63) is 63.3 Å². The maximum atomic E-state index is 11.8. The number of rotatable bonds is 4. The summed E-state index contributed by atoms with van der Waals surface area (Å²) in [5, 5.41) is 0. The number of aromatic nitrogens is 2. The lowest BCUT2D eigenvalue weighted by molar-refractivity contribution is 0.0523. The second-order valence-electron chi connectivity index (χ2n) is 4.46. The fourth-order valence-corrected chi connectivity index (χ4v) is 1.89. The molecule has 0 amide bonds. The molecule has 2 rings (SSSR count). The molecule has 1 N–H and O–H groups in total. The van der Waals surface area contributed by atoms with Crippen LogP contribution in [0.15, 0.2) is 35.3 Å². The molecule has 5 heteroatoms. The van der Waals surface area contributed by atoms with E-state index in [2.05, 4.69) is 9.97 Å². The Labute approximate surface area is 116 Å². The van der Waals surface area contributed by atoms with Crippen molar-refractivity contribution in [2.75, 3.05) is 6.61 Å². The van der Waals surface area contributed by atoms with Gasteiger partial charge in [0.2, 0.25) is 0 Å². The van der Waals surface area contributed by atoms with Crippen LogP contribution >= 0.6 is 0 Å². The third-order valence-electron chi connectivity index (χ3n) is 2.80. The number of nitrogens with zero attached hydrogens (tertiary/aromatic N) is 1. The average Bonchev–Trinajstić information content (AvgIpc) is 2.39. The lowest BCUT2D eigenvalue weighted by Crippen LogP contribution is -2.22. The second-order valence-corrected chi connectivity index (χ2v) is 4.46. The van der Waals surface area contributed by atoms with Gasteiger partial charge in [0.15, 0.2) is 0 Å². The zero-order valence-electron chi connectivity index (χ0n) is 11.5. The number of carbonyl (C=O) groups is 1. The number of aromatic amines is 1. The summed E-state index contributed by atoms with van der Waals surface area (Å²) in [5.74, 6) is -0.128. The lowest BCUT2D eigenvalue weighted by Gasteiger charge is -2.04. The van der Waals surface area contributed by atoms with Crippen LogP contribution in [0.3, 0.4) is 0 Å². The first-order chi connectivity index (χ1) is 9.60. The van der Waals surface area contributed by atoms with E-state index in [1.54, 1.807) is 6.92 Å². The number of aryl methyl sites for hydroxylation is 1. The molecule has 0 unspecified atom stereocenters. The number of H-pyrrole nitrogens is 1. The van der Waals surface area contributed by atoms with Crippen molar-refractivity contribution in [2.24, 2.45) is 0 Å². The van der Waals surface area contributed by atoms with Crippen LogP contribution in [0.2, 0.25) is 0 Å². The van der Waals surface area contributed by atoms with Gasteiger partial charge in [-0.1, -0.05) is 29.8 Å². The maximum Gasteiger partial charge on any atom is 0.345 e. The Morgan fingerprint density at radius 1 is 1.40 bits per heavy atom. The van der Waals surface area contributed by atoms with Gasteiger partial charge in [-0.05, 0) is 19.4 Å². The van der Waals surface area contributed by atoms with Crippen molar-refractivity contribution in [3.63, 3.8) is 0 Å². The Morgan fingerprint density at radius 3 is 2.85 bits per heavy atom. The number of benzene rings is 1. The van der Waals surface area contributed by atoms with Gasteiger partial charge >= 0.3 is 5.97 Å². The number of carbonyl (C=O) groups excluding carboxylic acids is 1. The second kappa shape index (κ2) is 6.14. The normalized spacial score (nSPS) is 10.3. The highest BCUT2D eigenvalue weighted by Gasteiger charge is 2.12. The van der Waals surface area contributed by atoms with Gasteiger partial charge in [0.1, 0.15) is 11.4 Å². The zero-order valence-corrected chi connectivity index (χ0v) is 11.5. The standard InChI is InChI=1S/C15H16N2O3/c1-3-20-15(19)12-9-16-13(17-14(12)18)8-11-6-4-5-10(2)7-11/h4-7,9H,3,8H2,1-2H3,(H,16,17,18). The van der Waals surface area contributed by atoms with E-state index < -0.39 is 11.5 Å². The average molecular weight is 272 g/mol.